The second-order valence-electron chi connectivity index (χ2n) is 8.19. The predicted molar refractivity (Wildman–Crippen MR) is 127 cm³/mol. The van der Waals surface area contributed by atoms with Crippen molar-refractivity contribution in [1.82, 2.24) is 19.9 Å². The lowest BCUT2D eigenvalue weighted by molar-refractivity contribution is -0.138. The molecule has 0 radical (unpaired) electrons. The molecule has 0 bridgehead atoms. The second kappa shape index (κ2) is 10.3. The highest BCUT2D eigenvalue weighted by molar-refractivity contribution is 6.30. The van der Waals surface area contributed by atoms with Gasteiger partial charge in [0.05, 0.1) is 12.3 Å². The minimum atomic E-state index is -0.115. The second-order valence-corrected chi connectivity index (χ2v) is 8.63. The number of oxime groups is 1. The maximum atomic E-state index is 12.5. The van der Waals surface area contributed by atoms with Crippen LogP contribution in [0, 0.1) is 0 Å². The van der Waals surface area contributed by atoms with Crippen molar-refractivity contribution in [2.24, 2.45) is 5.16 Å². The molecule has 0 spiro atoms. The van der Waals surface area contributed by atoms with E-state index in [2.05, 4.69) is 20.2 Å². The van der Waals surface area contributed by atoms with Crippen LogP contribution in [0.25, 0.3) is 11.4 Å². The van der Waals surface area contributed by atoms with Gasteiger partial charge in [0.25, 0.3) is 5.91 Å². The van der Waals surface area contributed by atoms with Crippen molar-refractivity contribution in [2.45, 2.75) is 13.5 Å². The van der Waals surface area contributed by atoms with E-state index in [1.807, 2.05) is 37.3 Å². The molecule has 10 nitrogen and oxygen atoms in total. The number of piperazine rings is 1. The highest BCUT2D eigenvalue weighted by atomic mass is 35.5. The summed E-state index contributed by atoms with van der Waals surface area (Å²) in [5.41, 5.74) is 2.34. The summed E-state index contributed by atoms with van der Waals surface area (Å²) in [5.74, 6) is 2.34. The molecule has 2 aromatic carbocycles. The van der Waals surface area contributed by atoms with Crippen molar-refractivity contribution in [3.63, 3.8) is 0 Å². The summed E-state index contributed by atoms with van der Waals surface area (Å²) in [6.07, 6.45) is 0. The first-order valence-electron chi connectivity index (χ1n) is 11.2. The molecule has 182 valence electrons. The third-order valence-electron chi connectivity index (χ3n) is 5.83. The van der Waals surface area contributed by atoms with Gasteiger partial charge in [-0.3, -0.25) is 9.69 Å². The number of hydrogen-bond donors (Lipinski definition) is 0. The topological polar surface area (TPSA) is 103 Å². The van der Waals surface area contributed by atoms with E-state index in [4.69, 9.17) is 30.4 Å². The van der Waals surface area contributed by atoms with Crippen molar-refractivity contribution in [3.05, 3.63) is 58.9 Å². The van der Waals surface area contributed by atoms with Gasteiger partial charge in [0.15, 0.2) is 18.1 Å². The van der Waals surface area contributed by atoms with E-state index in [9.17, 15) is 4.79 Å². The molecule has 11 heteroatoms. The van der Waals surface area contributed by atoms with Crippen LogP contribution in [0.4, 0.5) is 0 Å². The lowest BCUT2D eigenvalue weighted by atomic mass is 10.1. The Morgan fingerprint density at radius 2 is 1.86 bits per heavy atom. The van der Waals surface area contributed by atoms with Crippen LogP contribution in [-0.2, 0) is 16.2 Å². The van der Waals surface area contributed by atoms with Gasteiger partial charge >= 0.3 is 0 Å². The van der Waals surface area contributed by atoms with E-state index in [0.29, 0.717) is 66.7 Å². The smallest absolute Gasteiger partial charge is 0.263 e. The summed E-state index contributed by atoms with van der Waals surface area (Å²) in [6, 6.07) is 12.8. The Bertz CT molecular complexity index is 1220. The number of aromatic nitrogens is 2. The molecule has 5 rings (SSSR count). The molecular formula is C24H24ClN5O5. The van der Waals surface area contributed by atoms with Crippen LogP contribution in [-0.4, -0.2) is 71.1 Å². The lowest BCUT2D eigenvalue weighted by Crippen LogP contribution is -2.49. The molecule has 3 heterocycles. The largest absolute Gasteiger partial charge is 0.454 e. The van der Waals surface area contributed by atoms with Crippen LogP contribution in [0.3, 0.4) is 0 Å². The first-order chi connectivity index (χ1) is 17.0. The number of nitrogens with zero attached hydrogens (tertiary/aromatic N) is 5. The van der Waals surface area contributed by atoms with E-state index in [1.165, 1.54) is 0 Å². The fourth-order valence-corrected chi connectivity index (χ4v) is 3.96. The standard InChI is InChI=1S/C24H24ClN5O5/c1-16(18-4-7-20-21(12-18)33-15-32-20)27-34-14-23(31)30-10-8-29(9-11-30)13-22-26-24(28-35-22)17-2-5-19(25)6-3-17/h2-7,12H,8-11,13-15H2,1H3. The third kappa shape index (κ3) is 5.55. The van der Waals surface area contributed by atoms with E-state index in [-0.39, 0.29) is 19.3 Å². The summed E-state index contributed by atoms with van der Waals surface area (Å²) < 4.78 is 16.1. The molecule has 35 heavy (non-hydrogen) atoms. The number of halogens is 1. The average molecular weight is 498 g/mol. The Morgan fingerprint density at radius 1 is 1.09 bits per heavy atom. The number of ether oxygens (including phenoxy) is 2. The molecule has 1 fully saturated rings. The summed E-state index contributed by atoms with van der Waals surface area (Å²) >= 11 is 5.93. The lowest BCUT2D eigenvalue weighted by Gasteiger charge is -2.33. The zero-order valence-electron chi connectivity index (χ0n) is 19.1. The van der Waals surface area contributed by atoms with E-state index >= 15 is 0 Å². The highest BCUT2D eigenvalue weighted by Crippen LogP contribution is 2.32. The number of benzene rings is 2. The number of carbonyl (C=O) groups excluding carboxylic acids is 1. The van der Waals surface area contributed by atoms with Crippen LogP contribution < -0.4 is 9.47 Å². The van der Waals surface area contributed by atoms with Crippen molar-refractivity contribution >= 4 is 23.2 Å². The molecule has 2 aliphatic heterocycles. The number of hydrogen-bond acceptors (Lipinski definition) is 9. The Kier molecular flexibility index (Phi) is 6.82. The first kappa shape index (κ1) is 23.1. The van der Waals surface area contributed by atoms with Gasteiger partial charge < -0.3 is 23.7 Å². The monoisotopic (exact) mass is 497 g/mol. The maximum Gasteiger partial charge on any atom is 0.263 e. The minimum absolute atomic E-state index is 0.102. The fraction of sp³-hybridized carbons (Fsp3) is 0.333. The van der Waals surface area contributed by atoms with Gasteiger partial charge in [-0.2, -0.15) is 4.98 Å². The van der Waals surface area contributed by atoms with Gasteiger partial charge in [0, 0.05) is 42.3 Å². The number of carbonyl (C=O) groups is 1. The SMILES string of the molecule is CC(=NOCC(=O)N1CCN(Cc2nc(-c3ccc(Cl)cc3)no2)CC1)c1ccc2c(c1)OCO2. The minimum Gasteiger partial charge on any atom is -0.454 e. The molecule has 0 atom stereocenters. The van der Waals surface area contributed by atoms with Crippen LogP contribution in [0.5, 0.6) is 11.5 Å². The average Bonchev–Trinajstić information content (AvgIpc) is 3.54. The maximum absolute atomic E-state index is 12.5. The van der Waals surface area contributed by atoms with Crippen molar-refractivity contribution in [3.8, 4) is 22.9 Å². The van der Waals surface area contributed by atoms with Crippen LogP contribution in [0.2, 0.25) is 5.02 Å². The van der Waals surface area contributed by atoms with Crippen molar-refractivity contribution < 1.29 is 23.6 Å². The summed E-state index contributed by atoms with van der Waals surface area (Å²) in [5, 5.41) is 8.79. The molecule has 1 amide bonds. The molecule has 2 aliphatic rings. The molecule has 0 aliphatic carbocycles. The van der Waals surface area contributed by atoms with Gasteiger partial charge in [-0.25, -0.2) is 0 Å². The molecule has 1 saturated heterocycles. The molecular weight excluding hydrogens is 474 g/mol. The Labute approximate surface area is 207 Å². The number of rotatable bonds is 7. The first-order valence-corrected chi connectivity index (χ1v) is 11.6. The Balaban J connectivity index is 1.07. The van der Waals surface area contributed by atoms with Gasteiger partial charge in [-0.05, 0) is 49.4 Å². The van der Waals surface area contributed by atoms with Gasteiger partial charge in [0.1, 0.15) is 0 Å². The molecule has 0 unspecified atom stereocenters. The molecule has 1 aromatic heterocycles. The van der Waals surface area contributed by atoms with Crippen LogP contribution in [0.15, 0.2) is 52.1 Å². The Morgan fingerprint density at radius 3 is 2.66 bits per heavy atom. The molecule has 0 N–H and O–H groups in total. The Hall–Kier alpha value is -3.63. The van der Waals surface area contributed by atoms with E-state index in [0.717, 1.165) is 11.1 Å². The molecule has 0 saturated carbocycles. The van der Waals surface area contributed by atoms with Crippen molar-refractivity contribution in [1.29, 1.82) is 0 Å². The number of fused-ring (bicyclic) bond motifs is 1. The fourth-order valence-electron chi connectivity index (χ4n) is 3.83. The van der Waals surface area contributed by atoms with Crippen LogP contribution >= 0.6 is 11.6 Å². The zero-order chi connectivity index (χ0) is 24.2. The van der Waals surface area contributed by atoms with E-state index < -0.39 is 0 Å². The zero-order valence-corrected chi connectivity index (χ0v) is 19.9. The normalized spacial score (nSPS) is 15.9. The number of amides is 1. The van der Waals surface area contributed by atoms with Crippen LogP contribution in [0.1, 0.15) is 18.4 Å². The van der Waals surface area contributed by atoms with E-state index in [1.54, 1.807) is 17.0 Å². The van der Waals surface area contributed by atoms with Gasteiger partial charge in [-0.15, -0.1) is 0 Å². The highest BCUT2D eigenvalue weighted by Gasteiger charge is 2.23. The van der Waals surface area contributed by atoms with Crippen molar-refractivity contribution in [2.75, 3.05) is 39.6 Å². The molecule has 3 aromatic rings. The summed E-state index contributed by atoms with van der Waals surface area (Å²) in [6.45, 7) is 5.02. The summed E-state index contributed by atoms with van der Waals surface area (Å²) in [7, 11) is 0. The van der Waals surface area contributed by atoms with Gasteiger partial charge in [0.2, 0.25) is 18.5 Å². The predicted octanol–water partition coefficient (Wildman–Crippen LogP) is 3.20. The third-order valence-corrected chi connectivity index (χ3v) is 6.09. The van der Waals surface area contributed by atoms with Gasteiger partial charge in [-0.1, -0.05) is 21.9 Å². The summed E-state index contributed by atoms with van der Waals surface area (Å²) in [4.78, 5) is 26.3. The quantitative estimate of drug-likeness (QED) is 0.362.